The highest BCUT2D eigenvalue weighted by atomic mass is 127. The van der Waals surface area contributed by atoms with E-state index in [0.29, 0.717) is 12.1 Å². The molecule has 3 rings (SSSR count). The Morgan fingerprint density at radius 2 is 1.80 bits per heavy atom. The average molecular weight is 453 g/mol. The highest BCUT2D eigenvalue weighted by molar-refractivity contribution is 14.1. The maximum Gasteiger partial charge on any atom is 0.284 e. The number of aromatic nitrogens is 2. The molecule has 0 unspecified atom stereocenters. The summed E-state index contributed by atoms with van der Waals surface area (Å²) in [4.78, 5) is 13.0. The van der Waals surface area contributed by atoms with E-state index in [9.17, 15) is 13.6 Å². The van der Waals surface area contributed by atoms with Gasteiger partial charge in [0.05, 0.1) is 11.4 Å². The molecule has 0 saturated heterocycles. The van der Waals surface area contributed by atoms with Crippen LogP contribution in [0, 0.1) is 3.57 Å². The van der Waals surface area contributed by atoms with Gasteiger partial charge in [0, 0.05) is 22.4 Å². The molecular weight excluding hydrogens is 439 g/mol. The standard InChI is InChI=1S/C18H14F2IN3O/c1-23-10-16(17(22-23)18(19)20)24(11-25)15-5-3-2-4-14(15)12-6-8-13(21)9-7-12/h2-11,18H,1H3. The van der Waals surface area contributed by atoms with E-state index in [0.717, 1.165) is 14.7 Å². The zero-order valence-corrected chi connectivity index (χ0v) is 15.4. The molecule has 2 aromatic carbocycles. The first-order valence-corrected chi connectivity index (χ1v) is 8.50. The minimum atomic E-state index is -2.77. The van der Waals surface area contributed by atoms with E-state index in [1.165, 1.54) is 15.8 Å². The SMILES string of the molecule is Cn1cc(N(C=O)c2ccccc2-c2ccc(I)cc2)c(C(F)F)n1. The van der Waals surface area contributed by atoms with Gasteiger partial charge >= 0.3 is 0 Å². The number of rotatable bonds is 5. The van der Waals surface area contributed by atoms with Gasteiger partial charge in [-0.3, -0.25) is 14.4 Å². The first kappa shape index (κ1) is 17.5. The summed E-state index contributed by atoms with van der Waals surface area (Å²) in [5.41, 5.74) is 1.84. The lowest BCUT2D eigenvalue weighted by Gasteiger charge is -2.20. The molecule has 1 heterocycles. The van der Waals surface area contributed by atoms with Crippen LogP contribution in [-0.4, -0.2) is 16.2 Å². The number of benzene rings is 2. The van der Waals surface area contributed by atoms with Gasteiger partial charge in [0.2, 0.25) is 6.41 Å². The van der Waals surface area contributed by atoms with Gasteiger partial charge in [-0.1, -0.05) is 30.3 Å². The van der Waals surface area contributed by atoms with Crippen molar-refractivity contribution < 1.29 is 13.6 Å². The normalized spacial score (nSPS) is 10.9. The van der Waals surface area contributed by atoms with E-state index < -0.39 is 12.1 Å². The molecule has 0 radical (unpaired) electrons. The van der Waals surface area contributed by atoms with Crippen LogP contribution in [0.5, 0.6) is 0 Å². The number of halogens is 3. The third-order valence-corrected chi connectivity index (χ3v) is 4.45. The fraction of sp³-hybridized carbons (Fsp3) is 0.111. The third kappa shape index (κ3) is 3.55. The Labute approximate surface area is 157 Å². The lowest BCUT2D eigenvalue weighted by molar-refractivity contribution is -0.106. The van der Waals surface area contributed by atoms with Gasteiger partial charge in [-0.2, -0.15) is 5.10 Å². The first-order valence-electron chi connectivity index (χ1n) is 7.42. The van der Waals surface area contributed by atoms with Gasteiger partial charge in [-0.25, -0.2) is 8.78 Å². The predicted molar refractivity (Wildman–Crippen MR) is 101 cm³/mol. The molecule has 0 atom stereocenters. The Morgan fingerprint density at radius 1 is 1.12 bits per heavy atom. The molecule has 0 aliphatic heterocycles. The summed E-state index contributed by atoms with van der Waals surface area (Å²) in [5.74, 6) is 0. The van der Waals surface area contributed by atoms with E-state index in [-0.39, 0.29) is 5.69 Å². The fourth-order valence-corrected chi connectivity index (χ4v) is 2.99. The molecule has 0 fully saturated rings. The molecule has 3 aromatic rings. The fourth-order valence-electron chi connectivity index (χ4n) is 2.63. The van der Waals surface area contributed by atoms with Crippen LogP contribution in [0.25, 0.3) is 11.1 Å². The molecule has 0 aliphatic rings. The molecule has 0 aliphatic carbocycles. The molecule has 1 aromatic heterocycles. The van der Waals surface area contributed by atoms with E-state index in [2.05, 4.69) is 27.7 Å². The Hall–Kier alpha value is -2.29. The van der Waals surface area contributed by atoms with Gasteiger partial charge in [0.1, 0.15) is 0 Å². The maximum atomic E-state index is 13.3. The summed E-state index contributed by atoms with van der Waals surface area (Å²) >= 11 is 2.21. The van der Waals surface area contributed by atoms with Gasteiger partial charge in [0.25, 0.3) is 6.43 Å². The van der Waals surface area contributed by atoms with Crippen LogP contribution in [0.2, 0.25) is 0 Å². The van der Waals surface area contributed by atoms with Crippen molar-refractivity contribution in [2.45, 2.75) is 6.43 Å². The highest BCUT2D eigenvalue weighted by Crippen LogP contribution is 2.37. The number of hydrogen-bond donors (Lipinski definition) is 0. The Bertz CT molecular complexity index is 894. The minimum Gasteiger partial charge on any atom is -0.279 e. The van der Waals surface area contributed by atoms with E-state index in [1.54, 1.807) is 19.2 Å². The van der Waals surface area contributed by atoms with Gasteiger partial charge in [0.15, 0.2) is 5.69 Å². The van der Waals surface area contributed by atoms with Gasteiger partial charge in [-0.15, -0.1) is 0 Å². The second kappa shape index (κ2) is 7.30. The number of nitrogens with zero attached hydrogens (tertiary/aromatic N) is 3. The zero-order chi connectivity index (χ0) is 18.0. The van der Waals surface area contributed by atoms with Crippen LogP contribution in [0.15, 0.2) is 54.7 Å². The molecule has 1 amide bonds. The Balaban J connectivity index is 2.15. The number of amides is 1. The van der Waals surface area contributed by atoms with Crippen LogP contribution >= 0.6 is 22.6 Å². The lowest BCUT2D eigenvalue weighted by atomic mass is 10.0. The number of carbonyl (C=O) groups excluding carboxylic acids is 1. The van der Waals surface area contributed by atoms with Crippen LogP contribution in [-0.2, 0) is 11.8 Å². The third-order valence-electron chi connectivity index (χ3n) is 3.73. The quantitative estimate of drug-likeness (QED) is 0.406. The summed E-state index contributed by atoms with van der Waals surface area (Å²) in [6, 6.07) is 15.0. The summed E-state index contributed by atoms with van der Waals surface area (Å²) in [6.07, 6.45) is -0.821. The summed E-state index contributed by atoms with van der Waals surface area (Å²) < 4.78 is 29.0. The van der Waals surface area contributed by atoms with Crippen molar-refractivity contribution in [3.63, 3.8) is 0 Å². The van der Waals surface area contributed by atoms with Crippen LogP contribution < -0.4 is 4.90 Å². The summed E-state index contributed by atoms with van der Waals surface area (Å²) in [6.45, 7) is 0. The number of anilines is 2. The lowest BCUT2D eigenvalue weighted by Crippen LogP contribution is -2.16. The predicted octanol–water partition coefficient (Wildman–Crippen LogP) is 4.92. The topological polar surface area (TPSA) is 38.1 Å². The monoisotopic (exact) mass is 453 g/mol. The number of alkyl halides is 2. The number of para-hydroxylation sites is 1. The Kier molecular flexibility index (Phi) is 5.12. The highest BCUT2D eigenvalue weighted by Gasteiger charge is 2.24. The molecule has 4 nitrogen and oxygen atoms in total. The van der Waals surface area contributed by atoms with Crippen molar-refractivity contribution in [2.24, 2.45) is 7.05 Å². The molecule has 25 heavy (non-hydrogen) atoms. The maximum absolute atomic E-state index is 13.3. The number of carbonyl (C=O) groups is 1. The number of hydrogen-bond acceptors (Lipinski definition) is 2. The van der Waals surface area contributed by atoms with E-state index in [1.807, 2.05) is 36.4 Å². The zero-order valence-electron chi connectivity index (χ0n) is 13.2. The van der Waals surface area contributed by atoms with Gasteiger partial charge < -0.3 is 0 Å². The van der Waals surface area contributed by atoms with Crippen molar-refractivity contribution in [2.75, 3.05) is 4.90 Å². The van der Waals surface area contributed by atoms with Crippen LogP contribution in [0.3, 0.4) is 0 Å². The summed E-state index contributed by atoms with van der Waals surface area (Å²) in [7, 11) is 1.55. The smallest absolute Gasteiger partial charge is 0.279 e. The molecule has 0 bridgehead atoms. The van der Waals surface area contributed by atoms with Crippen molar-refractivity contribution in [3.8, 4) is 11.1 Å². The second-order valence-corrected chi connectivity index (χ2v) is 6.62. The van der Waals surface area contributed by atoms with Crippen molar-refractivity contribution in [1.29, 1.82) is 0 Å². The number of aryl methyl sites for hydroxylation is 1. The largest absolute Gasteiger partial charge is 0.284 e. The van der Waals surface area contributed by atoms with Crippen molar-refractivity contribution in [3.05, 3.63) is 64.0 Å². The van der Waals surface area contributed by atoms with E-state index in [4.69, 9.17) is 0 Å². The van der Waals surface area contributed by atoms with Crippen molar-refractivity contribution >= 4 is 40.4 Å². The first-order chi connectivity index (χ1) is 12.0. The molecule has 0 N–H and O–H groups in total. The molecule has 7 heteroatoms. The second-order valence-electron chi connectivity index (χ2n) is 5.37. The van der Waals surface area contributed by atoms with Crippen molar-refractivity contribution in [1.82, 2.24) is 9.78 Å². The summed E-state index contributed by atoms with van der Waals surface area (Å²) in [5, 5.41) is 3.78. The molecule has 0 spiro atoms. The Morgan fingerprint density at radius 3 is 2.44 bits per heavy atom. The van der Waals surface area contributed by atoms with Crippen LogP contribution in [0.4, 0.5) is 20.2 Å². The molecule has 0 saturated carbocycles. The minimum absolute atomic E-state index is 0.0745. The average Bonchev–Trinajstić information content (AvgIpc) is 2.99. The van der Waals surface area contributed by atoms with Crippen LogP contribution in [0.1, 0.15) is 12.1 Å². The van der Waals surface area contributed by atoms with Gasteiger partial charge in [-0.05, 0) is 46.4 Å². The van der Waals surface area contributed by atoms with E-state index >= 15 is 0 Å². The molecule has 128 valence electrons. The molecular formula is C18H14F2IN3O.